The van der Waals surface area contributed by atoms with E-state index in [1.165, 1.54) is 302 Å². The van der Waals surface area contributed by atoms with Crippen LogP contribution in [0.25, 0.3) is 0 Å². The molecule has 0 heterocycles. The molecule has 0 rings (SSSR count). The minimum Gasteiger partial charge on any atom is -0.462 e. The first-order valence-electron chi connectivity index (χ1n) is 34.3. The number of likely N-dealkylation sites (N-methyl/N-ethyl adjacent to an activating group) is 1. The minimum absolute atomic E-state index is 0.0373. The number of quaternary nitrogens is 1. The van der Waals surface area contributed by atoms with Gasteiger partial charge in [-0.2, -0.15) is 0 Å². The zero-order valence-corrected chi connectivity index (χ0v) is 53.4. The van der Waals surface area contributed by atoms with Gasteiger partial charge in [0.15, 0.2) is 6.10 Å². The molecule has 0 saturated heterocycles. The molecule has 0 fully saturated rings. The molecule has 0 aliphatic heterocycles. The van der Waals surface area contributed by atoms with Crippen LogP contribution in [-0.2, 0) is 32.7 Å². The van der Waals surface area contributed by atoms with Crippen molar-refractivity contribution in [1.82, 2.24) is 0 Å². The number of esters is 2. The van der Waals surface area contributed by atoms with Crippen molar-refractivity contribution in [1.29, 1.82) is 0 Å². The van der Waals surface area contributed by atoms with Gasteiger partial charge in [0.1, 0.15) is 19.8 Å². The highest BCUT2D eigenvalue weighted by atomic mass is 31.2. The van der Waals surface area contributed by atoms with Crippen LogP contribution in [0, 0.1) is 0 Å². The Labute approximate surface area is 480 Å². The van der Waals surface area contributed by atoms with Crippen LogP contribution >= 0.6 is 7.82 Å². The number of unbranched alkanes of at least 4 members (excludes halogenated alkanes) is 51. The third-order valence-electron chi connectivity index (χ3n) is 15.9. The maximum atomic E-state index is 12.8. The molecule has 0 spiro atoms. The van der Waals surface area contributed by atoms with Gasteiger partial charge in [-0.15, -0.1) is 0 Å². The topological polar surface area (TPSA) is 108 Å². The number of ether oxygens (including phenoxy) is 2. The summed E-state index contributed by atoms with van der Waals surface area (Å²) in [5.74, 6) is -0.774. The molecule has 0 amide bonds. The van der Waals surface area contributed by atoms with Crippen LogP contribution in [0.1, 0.15) is 367 Å². The highest BCUT2D eigenvalue weighted by molar-refractivity contribution is 7.47. The average molecular weight is 1110 g/mol. The number of carbonyl (C=O) groups is 2. The van der Waals surface area contributed by atoms with Crippen LogP contribution in [0.4, 0.5) is 0 Å². The van der Waals surface area contributed by atoms with Crippen molar-refractivity contribution in [3.05, 3.63) is 0 Å². The number of phosphoric acid groups is 1. The molecule has 1 N–H and O–H groups in total. The van der Waals surface area contributed by atoms with Gasteiger partial charge in [0, 0.05) is 12.8 Å². The van der Waals surface area contributed by atoms with E-state index in [2.05, 4.69) is 13.8 Å². The maximum Gasteiger partial charge on any atom is 0.472 e. The number of hydrogen-bond donors (Lipinski definition) is 1. The third-order valence-corrected chi connectivity index (χ3v) is 16.9. The van der Waals surface area contributed by atoms with Crippen molar-refractivity contribution in [2.24, 2.45) is 0 Å². The van der Waals surface area contributed by atoms with E-state index in [9.17, 15) is 19.0 Å². The van der Waals surface area contributed by atoms with Gasteiger partial charge in [-0.25, -0.2) is 4.57 Å². The number of rotatable bonds is 65. The molecule has 0 aromatic carbocycles. The van der Waals surface area contributed by atoms with Crippen LogP contribution in [0.3, 0.4) is 0 Å². The summed E-state index contributed by atoms with van der Waals surface area (Å²) in [6.07, 6.45) is 71.0. The Morgan fingerprint density at radius 2 is 0.584 bits per heavy atom. The summed E-state index contributed by atoms with van der Waals surface area (Å²) in [6, 6.07) is 0. The normalized spacial score (nSPS) is 13.1. The largest absolute Gasteiger partial charge is 0.472 e. The number of hydrogen-bond acceptors (Lipinski definition) is 7. The lowest BCUT2D eigenvalue weighted by Crippen LogP contribution is -2.37. The molecule has 0 radical (unpaired) electrons. The molecule has 77 heavy (non-hydrogen) atoms. The van der Waals surface area contributed by atoms with Gasteiger partial charge in [-0.05, 0) is 12.8 Å². The fourth-order valence-electron chi connectivity index (χ4n) is 10.6. The van der Waals surface area contributed by atoms with E-state index in [4.69, 9.17) is 18.5 Å². The van der Waals surface area contributed by atoms with Gasteiger partial charge < -0.3 is 18.9 Å². The Balaban J connectivity index is 3.79. The second-order valence-electron chi connectivity index (χ2n) is 24.9. The molecule has 10 heteroatoms. The van der Waals surface area contributed by atoms with Gasteiger partial charge in [0.05, 0.1) is 27.7 Å². The van der Waals surface area contributed by atoms with Crippen LogP contribution in [0.5, 0.6) is 0 Å². The Morgan fingerprint density at radius 1 is 0.351 bits per heavy atom. The smallest absolute Gasteiger partial charge is 0.462 e. The van der Waals surface area contributed by atoms with E-state index in [0.717, 1.165) is 38.5 Å². The molecular formula is C67H135NO8P+. The Bertz CT molecular complexity index is 1260. The second kappa shape index (κ2) is 59.6. The van der Waals surface area contributed by atoms with Gasteiger partial charge >= 0.3 is 19.8 Å². The molecule has 460 valence electrons. The second-order valence-corrected chi connectivity index (χ2v) is 26.4. The molecule has 0 aromatic heterocycles. The first-order valence-corrected chi connectivity index (χ1v) is 35.8. The molecule has 0 saturated carbocycles. The molecular weight excluding hydrogens is 978 g/mol. The molecule has 0 aromatic rings. The molecule has 0 bridgehead atoms. The van der Waals surface area contributed by atoms with Gasteiger partial charge in [-0.3, -0.25) is 18.6 Å². The number of phosphoric ester groups is 1. The SMILES string of the molecule is CCCCCCCCCCCCCCCCCCCCCCCCCCCCCCCCCCCCCCCCCCC(=O)OC(COC(=O)CCCCCCCCCCCCCCC)COP(=O)(O)OCC[N+](C)(C)C. The van der Waals surface area contributed by atoms with Crippen molar-refractivity contribution < 1.29 is 42.1 Å². The predicted molar refractivity (Wildman–Crippen MR) is 331 cm³/mol. The quantitative estimate of drug-likeness (QED) is 0.0278. The van der Waals surface area contributed by atoms with E-state index in [0.29, 0.717) is 17.4 Å². The molecule has 0 aliphatic carbocycles. The lowest BCUT2D eigenvalue weighted by Gasteiger charge is -2.24. The summed E-state index contributed by atoms with van der Waals surface area (Å²) in [7, 11) is 1.50. The summed E-state index contributed by atoms with van der Waals surface area (Å²) < 4.78 is 34.6. The van der Waals surface area contributed by atoms with Crippen LogP contribution in [0.15, 0.2) is 0 Å². The standard InChI is InChI=1S/C67H134NO8P/c1-6-8-10-12-14-16-18-20-21-22-23-24-25-26-27-28-29-30-31-32-33-34-35-36-37-38-39-40-41-42-43-44-45-46-48-50-52-54-56-58-60-67(70)76-65(64-75-77(71,72)74-62-61-68(3,4)5)63-73-66(69)59-57-55-53-51-49-47-19-17-15-13-11-9-7-2/h65H,6-64H2,1-5H3/p+1. The highest BCUT2D eigenvalue weighted by Crippen LogP contribution is 2.43. The van der Waals surface area contributed by atoms with Crippen molar-refractivity contribution in [2.45, 2.75) is 373 Å². The minimum atomic E-state index is -4.38. The lowest BCUT2D eigenvalue weighted by atomic mass is 10.0. The third kappa shape index (κ3) is 64.1. The monoisotopic (exact) mass is 1110 g/mol. The Morgan fingerprint density at radius 3 is 0.831 bits per heavy atom. The van der Waals surface area contributed by atoms with E-state index < -0.39 is 26.5 Å². The molecule has 0 aliphatic rings. The predicted octanol–water partition coefficient (Wildman–Crippen LogP) is 21.8. The average Bonchev–Trinajstić information content (AvgIpc) is 3.39. The van der Waals surface area contributed by atoms with Gasteiger partial charge in [0.25, 0.3) is 0 Å². The van der Waals surface area contributed by atoms with Gasteiger partial charge in [0.2, 0.25) is 0 Å². The van der Waals surface area contributed by atoms with Crippen molar-refractivity contribution in [2.75, 3.05) is 47.5 Å². The van der Waals surface area contributed by atoms with Crippen LogP contribution in [0.2, 0.25) is 0 Å². The van der Waals surface area contributed by atoms with Crippen LogP contribution < -0.4 is 0 Å². The fourth-order valence-corrected chi connectivity index (χ4v) is 11.4. The summed E-state index contributed by atoms with van der Waals surface area (Å²) in [5, 5.41) is 0. The molecule has 2 unspecified atom stereocenters. The first kappa shape index (κ1) is 76.0. The van der Waals surface area contributed by atoms with E-state index in [-0.39, 0.29) is 25.6 Å². The highest BCUT2D eigenvalue weighted by Gasteiger charge is 2.27. The number of nitrogens with zero attached hydrogens (tertiary/aromatic N) is 1. The van der Waals surface area contributed by atoms with Gasteiger partial charge in [-0.1, -0.05) is 341 Å². The summed E-state index contributed by atoms with van der Waals surface area (Å²) in [5.41, 5.74) is 0. The molecule has 9 nitrogen and oxygen atoms in total. The summed E-state index contributed by atoms with van der Waals surface area (Å²) >= 11 is 0. The van der Waals surface area contributed by atoms with Crippen molar-refractivity contribution in [3.8, 4) is 0 Å². The lowest BCUT2D eigenvalue weighted by molar-refractivity contribution is -0.870. The summed E-state index contributed by atoms with van der Waals surface area (Å²) in [4.78, 5) is 35.7. The van der Waals surface area contributed by atoms with Crippen molar-refractivity contribution >= 4 is 19.8 Å². The van der Waals surface area contributed by atoms with E-state index >= 15 is 0 Å². The zero-order valence-electron chi connectivity index (χ0n) is 52.5. The molecule has 2 atom stereocenters. The van der Waals surface area contributed by atoms with Crippen LogP contribution in [-0.4, -0.2) is 74.9 Å². The fraction of sp³-hybridized carbons (Fsp3) is 0.970. The summed E-state index contributed by atoms with van der Waals surface area (Å²) in [6.45, 7) is 4.50. The van der Waals surface area contributed by atoms with E-state index in [1.54, 1.807) is 0 Å². The number of carbonyl (C=O) groups excluding carboxylic acids is 2. The van der Waals surface area contributed by atoms with E-state index in [1.807, 2.05) is 21.1 Å². The Hall–Kier alpha value is -0.990. The zero-order chi connectivity index (χ0) is 56.3. The Kier molecular flexibility index (Phi) is 58.9. The van der Waals surface area contributed by atoms with Crippen molar-refractivity contribution in [3.63, 3.8) is 0 Å². The maximum absolute atomic E-state index is 12.8. The first-order chi connectivity index (χ1) is 37.5.